The number of piperidine rings is 1. The van der Waals surface area contributed by atoms with Gasteiger partial charge in [0, 0.05) is 25.7 Å². The zero-order valence-electron chi connectivity index (χ0n) is 18.1. The maximum atomic E-state index is 13.4. The van der Waals surface area contributed by atoms with E-state index in [1.54, 1.807) is 11.9 Å². The molecular formula is C21H31ClN4O5. The van der Waals surface area contributed by atoms with Crippen LogP contribution < -0.4 is 16.0 Å². The molecule has 1 aliphatic heterocycles. The van der Waals surface area contributed by atoms with Crippen molar-refractivity contribution in [3.63, 3.8) is 0 Å². The van der Waals surface area contributed by atoms with Crippen LogP contribution in [0, 0.1) is 0 Å². The van der Waals surface area contributed by atoms with E-state index in [0.717, 1.165) is 24.9 Å². The quantitative estimate of drug-likeness (QED) is 0.445. The van der Waals surface area contributed by atoms with Crippen LogP contribution in [0.1, 0.15) is 25.3 Å². The fourth-order valence-corrected chi connectivity index (χ4v) is 3.97. The highest BCUT2D eigenvalue weighted by Gasteiger charge is 2.41. The van der Waals surface area contributed by atoms with E-state index in [4.69, 9.17) is 21.4 Å². The summed E-state index contributed by atoms with van der Waals surface area (Å²) in [6.45, 7) is 2.87. The van der Waals surface area contributed by atoms with Gasteiger partial charge in [0.2, 0.25) is 11.8 Å². The minimum Gasteiger partial charge on any atom is -0.465 e. The smallest absolute Gasteiger partial charge is 0.405 e. The molecule has 9 nitrogen and oxygen atoms in total. The van der Waals surface area contributed by atoms with Crippen molar-refractivity contribution in [3.8, 4) is 0 Å². The van der Waals surface area contributed by atoms with Crippen molar-refractivity contribution in [3.05, 3.63) is 34.9 Å². The summed E-state index contributed by atoms with van der Waals surface area (Å²) in [5.41, 5.74) is 0.574. The van der Waals surface area contributed by atoms with Crippen LogP contribution in [0.3, 0.4) is 0 Å². The molecule has 172 valence electrons. The monoisotopic (exact) mass is 454 g/mol. The molecule has 1 aliphatic rings. The highest BCUT2D eigenvalue weighted by molar-refractivity contribution is 6.30. The molecule has 31 heavy (non-hydrogen) atoms. The zero-order valence-corrected chi connectivity index (χ0v) is 18.9. The number of carbonyl (C=O) groups excluding carboxylic acids is 2. The summed E-state index contributed by atoms with van der Waals surface area (Å²) >= 11 is 6.01. The lowest BCUT2D eigenvalue weighted by Crippen LogP contribution is -2.64. The van der Waals surface area contributed by atoms with E-state index < -0.39 is 29.6 Å². The molecular weight excluding hydrogens is 424 g/mol. The number of carbonyl (C=O) groups is 3. The topological polar surface area (TPSA) is 120 Å². The first-order valence-corrected chi connectivity index (χ1v) is 10.6. The summed E-state index contributed by atoms with van der Waals surface area (Å²) in [6, 6.07) is 5.61. The average molecular weight is 455 g/mol. The van der Waals surface area contributed by atoms with Gasteiger partial charge in [0.1, 0.15) is 12.1 Å². The van der Waals surface area contributed by atoms with Gasteiger partial charge in [0.05, 0.1) is 12.1 Å². The zero-order chi connectivity index (χ0) is 23.0. The van der Waals surface area contributed by atoms with Gasteiger partial charge in [-0.05, 0) is 50.4 Å². The molecule has 1 aromatic rings. The fourth-order valence-electron chi connectivity index (χ4n) is 3.85. The van der Waals surface area contributed by atoms with Crippen molar-refractivity contribution >= 4 is 29.5 Å². The standard InChI is InChI=1S/C21H31ClN4O5/c1-14(24-20(29)30)18(27)25-17(12-31-3)19(28)26(2)21(9-4-10-23-13-21)11-15-5-7-16(22)8-6-15/h5-8,14,17,23-24H,4,9-13H2,1-3H3,(H,25,27)(H,29,30). The van der Waals surface area contributed by atoms with Gasteiger partial charge < -0.3 is 30.7 Å². The minimum atomic E-state index is -1.32. The van der Waals surface area contributed by atoms with E-state index >= 15 is 0 Å². The van der Waals surface area contributed by atoms with Crippen molar-refractivity contribution in [2.75, 3.05) is 33.9 Å². The minimum absolute atomic E-state index is 0.0286. The summed E-state index contributed by atoms with van der Waals surface area (Å²) in [7, 11) is 3.18. The normalized spacial score (nSPS) is 20.4. The molecule has 1 saturated heterocycles. The van der Waals surface area contributed by atoms with E-state index in [2.05, 4.69) is 16.0 Å². The number of nitrogens with zero attached hydrogens (tertiary/aromatic N) is 1. The van der Waals surface area contributed by atoms with E-state index in [1.165, 1.54) is 14.0 Å². The average Bonchev–Trinajstić information content (AvgIpc) is 2.74. The molecule has 3 unspecified atom stereocenters. The fraction of sp³-hybridized carbons (Fsp3) is 0.571. The Morgan fingerprint density at radius 2 is 1.97 bits per heavy atom. The predicted octanol–water partition coefficient (Wildman–Crippen LogP) is 1.25. The highest BCUT2D eigenvalue weighted by atomic mass is 35.5. The van der Waals surface area contributed by atoms with Crippen LogP contribution in [0.4, 0.5) is 4.79 Å². The van der Waals surface area contributed by atoms with Gasteiger partial charge >= 0.3 is 6.09 Å². The summed E-state index contributed by atoms with van der Waals surface area (Å²) in [4.78, 5) is 38.3. The number of amides is 3. The molecule has 4 N–H and O–H groups in total. The van der Waals surface area contributed by atoms with E-state index in [-0.39, 0.29) is 12.5 Å². The molecule has 0 aliphatic carbocycles. The third-order valence-electron chi connectivity index (χ3n) is 5.62. The first-order valence-electron chi connectivity index (χ1n) is 10.2. The Bertz CT molecular complexity index is 768. The van der Waals surface area contributed by atoms with Gasteiger partial charge in [-0.3, -0.25) is 9.59 Å². The van der Waals surface area contributed by atoms with Gasteiger partial charge in [-0.15, -0.1) is 0 Å². The third kappa shape index (κ3) is 6.81. The summed E-state index contributed by atoms with van der Waals surface area (Å²) in [6.07, 6.45) is 1.02. The molecule has 0 bridgehead atoms. The molecule has 0 spiro atoms. The van der Waals surface area contributed by atoms with Crippen molar-refractivity contribution < 1.29 is 24.2 Å². The molecule has 1 aromatic carbocycles. The molecule has 3 amide bonds. The van der Waals surface area contributed by atoms with Crippen molar-refractivity contribution in [2.45, 2.75) is 43.8 Å². The van der Waals surface area contributed by atoms with E-state index in [0.29, 0.717) is 18.0 Å². The van der Waals surface area contributed by atoms with Gasteiger partial charge in [-0.1, -0.05) is 23.7 Å². The number of hydrogen-bond acceptors (Lipinski definition) is 5. The largest absolute Gasteiger partial charge is 0.465 e. The Labute approximate surface area is 187 Å². The van der Waals surface area contributed by atoms with E-state index in [9.17, 15) is 14.4 Å². The number of ether oxygens (including phenoxy) is 1. The van der Waals surface area contributed by atoms with Crippen LogP contribution in [0.15, 0.2) is 24.3 Å². The second-order valence-electron chi connectivity index (χ2n) is 7.89. The van der Waals surface area contributed by atoms with Crippen LogP contribution in [-0.4, -0.2) is 79.4 Å². The van der Waals surface area contributed by atoms with E-state index in [1.807, 2.05) is 24.3 Å². The Hall–Kier alpha value is -2.36. The lowest BCUT2D eigenvalue weighted by Gasteiger charge is -2.46. The number of hydrogen-bond donors (Lipinski definition) is 4. The van der Waals surface area contributed by atoms with Gasteiger partial charge in [-0.2, -0.15) is 0 Å². The summed E-state index contributed by atoms with van der Waals surface area (Å²) < 4.78 is 5.16. The molecule has 3 atom stereocenters. The predicted molar refractivity (Wildman–Crippen MR) is 117 cm³/mol. The second-order valence-corrected chi connectivity index (χ2v) is 8.33. The molecule has 2 rings (SSSR count). The molecule has 0 radical (unpaired) electrons. The molecule has 0 aromatic heterocycles. The number of halogens is 1. The highest BCUT2D eigenvalue weighted by Crippen LogP contribution is 2.29. The molecule has 10 heteroatoms. The Balaban J connectivity index is 2.20. The van der Waals surface area contributed by atoms with Gasteiger partial charge in [0.15, 0.2) is 0 Å². The van der Waals surface area contributed by atoms with Crippen LogP contribution in [-0.2, 0) is 20.7 Å². The van der Waals surface area contributed by atoms with Crippen LogP contribution in [0.5, 0.6) is 0 Å². The number of benzene rings is 1. The Morgan fingerprint density at radius 1 is 1.29 bits per heavy atom. The number of likely N-dealkylation sites (N-methyl/N-ethyl adjacent to an activating group) is 1. The van der Waals surface area contributed by atoms with Crippen molar-refractivity contribution in [1.29, 1.82) is 0 Å². The Morgan fingerprint density at radius 3 is 2.52 bits per heavy atom. The third-order valence-corrected chi connectivity index (χ3v) is 5.87. The molecule has 0 saturated carbocycles. The Kier molecular flexibility index (Phi) is 9.09. The number of rotatable bonds is 9. The molecule has 1 heterocycles. The number of carboxylic acid groups (broad SMARTS) is 1. The lowest BCUT2D eigenvalue weighted by molar-refractivity contribution is -0.142. The SMILES string of the molecule is COCC(NC(=O)C(C)NC(=O)O)C(=O)N(C)C1(Cc2ccc(Cl)cc2)CCCNC1. The molecule has 1 fully saturated rings. The van der Waals surface area contributed by atoms with Crippen molar-refractivity contribution in [1.82, 2.24) is 20.9 Å². The maximum absolute atomic E-state index is 13.4. The number of nitrogens with one attached hydrogen (secondary N) is 3. The second kappa shape index (κ2) is 11.3. The van der Waals surface area contributed by atoms with Gasteiger partial charge in [0.25, 0.3) is 0 Å². The first kappa shape index (κ1) is 24.9. The first-order chi connectivity index (χ1) is 14.7. The summed E-state index contributed by atoms with van der Waals surface area (Å²) in [5, 5.41) is 17.5. The van der Waals surface area contributed by atoms with Crippen LogP contribution >= 0.6 is 11.6 Å². The number of methoxy groups -OCH3 is 1. The van der Waals surface area contributed by atoms with Crippen molar-refractivity contribution in [2.24, 2.45) is 0 Å². The van der Waals surface area contributed by atoms with Crippen LogP contribution in [0.25, 0.3) is 0 Å². The van der Waals surface area contributed by atoms with Gasteiger partial charge in [-0.25, -0.2) is 4.79 Å². The summed E-state index contributed by atoms with van der Waals surface area (Å²) in [5.74, 6) is -0.893. The van der Waals surface area contributed by atoms with Crippen LogP contribution in [0.2, 0.25) is 5.02 Å². The lowest BCUT2D eigenvalue weighted by atomic mass is 9.82. The maximum Gasteiger partial charge on any atom is 0.405 e.